The molecular weight excluding hydrogens is 405 g/mol. The summed E-state index contributed by atoms with van der Waals surface area (Å²) in [6, 6.07) is 1.89. The van der Waals surface area contributed by atoms with Crippen molar-refractivity contribution in [2.24, 2.45) is 4.99 Å². The van der Waals surface area contributed by atoms with Gasteiger partial charge in [0, 0.05) is 44.8 Å². The average Bonchev–Trinajstić information content (AvgIpc) is 2.86. The normalized spacial score (nSPS) is 11.8. The lowest BCUT2D eigenvalue weighted by Gasteiger charge is -2.10. The average molecular weight is 429 g/mol. The van der Waals surface area contributed by atoms with Crippen LogP contribution in [0.3, 0.4) is 0 Å². The molecule has 0 saturated carbocycles. The van der Waals surface area contributed by atoms with E-state index in [1.54, 1.807) is 6.20 Å². The van der Waals surface area contributed by atoms with E-state index in [9.17, 15) is 8.42 Å². The van der Waals surface area contributed by atoms with Crippen molar-refractivity contribution < 1.29 is 8.42 Å². The summed E-state index contributed by atoms with van der Waals surface area (Å²) in [5.41, 5.74) is 0. The Labute approximate surface area is 143 Å². The molecule has 0 aliphatic heterocycles. The number of halogens is 1. The van der Waals surface area contributed by atoms with Crippen LogP contribution in [0, 0.1) is 0 Å². The summed E-state index contributed by atoms with van der Waals surface area (Å²) in [6.45, 7) is 4.55. The molecule has 0 fully saturated rings. The minimum Gasteiger partial charge on any atom is -0.357 e. The number of rotatable bonds is 8. The molecule has 0 saturated heterocycles. The highest BCUT2D eigenvalue weighted by Gasteiger charge is 2.02. The molecule has 0 aliphatic rings. The molecule has 0 atom stereocenters. The van der Waals surface area contributed by atoms with Gasteiger partial charge in [-0.25, -0.2) is 8.42 Å². The third kappa shape index (κ3) is 10.5. The Bertz CT molecular complexity index is 502. The molecule has 0 aliphatic carbocycles. The molecule has 0 amide bonds. The fraction of sp³-hybridized carbons (Fsp3) is 0.667. The monoisotopic (exact) mass is 429 g/mol. The van der Waals surface area contributed by atoms with E-state index in [4.69, 9.17) is 0 Å². The number of guanidine groups is 1. The van der Waals surface area contributed by atoms with E-state index in [1.165, 1.54) is 6.26 Å². The van der Waals surface area contributed by atoms with Crippen LogP contribution in [-0.4, -0.2) is 55.8 Å². The zero-order chi connectivity index (χ0) is 14.8. The number of aliphatic imine (C=N–C) groups is 1. The van der Waals surface area contributed by atoms with Gasteiger partial charge in [0.2, 0.25) is 0 Å². The van der Waals surface area contributed by atoms with Gasteiger partial charge in [-0.05, 0) is 19.4 Å². The number of hydrogen-bond donors (Lipinski definition) is 2. The molecular formula is C12H24IN5O2S. The molecule has 1 aromatic rings. The molecule has 0 spiro atoms. The van der Waals surface area contributed by atoms with Gasteiger partial charge in [-0.3, -0.25) is 9.67 Å². The predicted molar refractivity (Wildman–Crippen MR) is 96.0 cm³/mol. The highest BCUT2D eigenvalue weighted by molar-refractivity contribution is 14.0. The maximum absolute atomic E-state index is 11.1. The van der Waals surface area contributed by atoms with Gasteiger partial charge < -0.3 is 10.6 Å². The van der Waals surface area contributed by atoms with Gasteiger partial charge in [0.25, 0.3) is 0 Å². The van der Waals surface area contributed by atoms with Gasteiger partial charge >= 0.3 is 0 Å². The Hall–Kier alpha value is -0.840. The number of nitrogens with one attached hydrogen (secondary N) is 2. The predicted octanol–water partition coefficient (Wildman–Crippen LogP) is 0.491. The summed E-state index contributed by atoms with van der Waals surface area (Å²) in [5.74, 6) is 0.752. The maximum Gasteiger partial charge on any atom is 0.191 e. The molecule has 21 heavy (non-hydrogen) atoms. The summed E-state index contributed by atoms with van der Waals surface area (Å²) >= 11 is 0. The lowest BCUT2D eigenvalue weighted by molar-refractivity contribution is 0.584. The maximum atomic E-state index is 11.1. The summed E-state index contributed by atoms with van der Waals surface area (Å²) < 4.78 is 24.0. The Balaban J connectivity index is 0.00000400. The third-order valence-corrected chi connectivity index (χ3v) is 3.43. The van der Waals surface area contributed by atoms with Gasteiger partial charge in [0.05, 0.1) is 5.75 Å². The van der Waals surface area contributed by atoms with E-state index in [0.717, 1.165) is 19.5 Å². The van der Waals surface area contributed by atoms with Crippen LogP contribution in [0.5, 0.6) is 0 Å². The van der Waals surface area contributed by atoms with Crippen LogP contribution in [-0.2, 0) is 16.4 Å². The van der Waals surface area contributed by atoms with E-state index >= 15 is 0 Å². The Morgan fingerprint density at radius 2 is 2.14 bits per heavy atom. The van der Waals surface area contributed by atoms with Crippen molar-refractivity contribution in [2.75, 3.05) is 31.6 Å². The molecule has 0 bridgehead atoms. The summed E-state index contributed by atoms with van der Waals surface area (Å²) in [7, 11) is -2.95. The minimum absolute atomic E-state index is 0. The van der Waals surface area contributed by atoms with Crippen LogP contribution in [0.2, 0.25) is 0 Å². The standard InChI is InChI=1S/C12H23N5O2S.HI/c1-3-13-12(15-8-11-20(2,18)19)14-6-4-9-17-10-5-7-16-17;/h5,7,10H,3-4,6,8-9,11H2,1-2H3,(H2,13,14,15);1H. The first kappa shape index (κ1) is 20.2. The van der Waals surface area contributed by atoms with Crippen LogP contribution in [0.1, 0.15) is 13.3 Å². The second kappa shape index (κ2) is 10.8. The van der Waals surface area contributed by atoms with Crippen LogP contribution >= 0.6 is 24.0 Å². The highest BCUT2D eigenvalue weighted by Crippen LogP contribution is 1.90. The third-order valence-electron chi connectivity index (χ3n) is 2.48. The first-order chi connectivity index (χ1) is 9.51. The first-order valence-corrected chi connectivity index (χ1v) is 8.74. The summed E-state index contributed by atoms with van der Waals surface area (Å²) in [6.07, 6.45) is 5.77. The van der Waals surface area contributed by atoms with Crippen LogP contribution in [0.15, 0.2) is 23.5 Å². The molecule has 9 heteroatoms. The first-order valence-electron chi connectivity index (χ1n) is 6.68. The van der Waals surface area contributed by atoms with Crippen molar-refractivity contribution >= 4 is 39.8 Å². The quantitative estimate of drug-likeness (QED) is 0.272. The number of aromatic nitrogens is 2. The molecule has 1 rings (SSSR count). The fourth-order valence-electron chi connectivity index (χ4n) is 1.55. The van der Waals surface area contributed by atoms with E-state index < -0.39 is 9.84 Å². The van der Waals surface area contributed by atoms with E-state index in [-0.39, 0.29) is 29.7 Å². The second-order valence-corrected chi connectivity index (χ2v) is 6.70. The van der Waals surface area contributed by atoms with Gasteiger partial charge in [-0.1, -0.05) is 0 Å². The van der Waals surface area contributed by atoms with Crippen molar-refractivity contribution in [3.8, 4) is 0 Å². The molecule has 7 nitrogen and oxygen atoms in total. The molecule has 0 unspecified atom stereocenters. The Morgan fingerprint density at radius 1 is 1.38 bits per heavy atom. The SMILES string of the molecule is CCNC(=NCCCn1cccn1)NCCS(C)(=O)=O.I. The molecule has 1 aromatic heterocycles. The fourth-order valence-corrected chi connectivity index (χ4v) is 2.03. The lowest BCUT2D eigenvalue weighted by Crippen LogP contribution is -2.39. The molecule has 0 aromatic carbocycles. The van der Waals surface area contributed by atoms with Gasteiger partial charge in [-0.2, -0.15) is 5.10 Å². The van der Waals surface area contributed by atoms with E-state index in [1.807, 2.05) is 23.9 Å². The topological polar surface area (TPSA) is 88.4 Å². The zero-order valence-electron chi connectivity index (χ0n) is 12.4. The summed E-state index contributed by atoms with van der Waals surface area (Å²) in [4.78, 5) is 4.39. The molecule has 0 radical (unpaired) electrons. The number of nitrogens with zero attached hydrogens (tertiary/aromatic N) is 3. The highest BCUT2D eigenvalue weighted by atomic mass is 127. The van der Waals surface area contributed by atoms with E-state index in [0.29, 0.717) is 19.0 Å². The van der Waals surface area contributed by atoms with Crippen LogP contribution < -0.4 is 10.6 Å². The summed E-state index contributed by atoms with van der Waals surface area (Å²) in [5, 5.41) is 10.2. The smallest absolute Gasteiger partial charge is 0.191 e. The largest absolute Gasteiger partial charge is 0.357 e. The van der Waals surface area contributed by atoms with Gasteiger partial charge in [0.15, 0.2) is 5.96 Å². The van der Waals surface area contributed by atoms with E-state index in [2.05, 4.69) is 20.7 Å². The number of hydrogen-bond acceptors (Lipinski definition) is 4. The minimum atomic E-state index is -2.95. The van der Waals surface area contributed by atoms with Crippen molar-refractivity contribution in [3.05, 3.63) is 18.5 Å². The van der Waals surface area contributed by atoms with Gasteiger partial charge in [-0.15, -0.1) is 24.0 Å². The van der Waals surface area contributed by atoms with Crippen molar-refractivity contribution in [1.29, 1.82) is 0 Å². The van der Waals surface area contributed by atoms with Crippen molar-refractivity contribution in [1.82, 2.24) is 20.4 Å². The molecule has 2 N–H and O–H groups in total. The Morgan fingerprint density at radius 3 is 2.71 bits per heavy atom. The second-order valence-electron chi connectivity index (χ2n) is 4.44. The number of aryl methyl sites for hydroxylation is 1. The van der Waals surface area contributed by atoms with Crippen LogP contribution in [0.4, 0.5) is 0 Å². The zero-order valence-corrected chi connectivity index (χ0v) is 15.6. The Kier molecular flexibility index (Phi) is 10.4. The molecule has 1 heterocycles. The van der Waals surface area contributed by atoms with Crippen LogP contribution in [0.25, 0.3) is 0 Å². The van der Waals surface area contributed by atoms with Crippen molar-refractivity contribution in [2.45, 2.75) is 19.9 Å². The molecule has 122 valence electrons. The van der Waals surface area contributed by atoms with Gasteiger partial charge in [0.1, 0.15) is 9.84 Å². The van der Waals surface area contributed by atoms with Crippen molar-refractivity contribution in [3.63, 3.8) is 0 Å². The number of sulfone groups is 1. The lowest BCUT2D eigenvalue weighted by atomic mass is 10.4.